The fraction of sp³-hybridized carbons (Fsp3) is 0.143. The van der Waals surface area contributed by atoms with Gasteiger partial charge in [-0.1, -0.05) is 30.3 Å². The number of rotatable bonds is 3. The number of benzene rings is 1. The largest absolute Gasteiger partial charge is 0.310 e. The molecule has 0 bridgehead atoms. The zero-order valence-corrected chi connectivity index (χ0v) is 9.59. The van der Waals surface area contributed by atoms with Gasteiger partial charge in [0, 0.05) is 17.8 Å². The summed E-state index contributed by atoms with van der Waals surface area (Å²) >= 11 is 0. The summed E-state index contributed by atoms with van der Waals surface area (Å²) in [4.78, 5) is 22.9. The first-order chi connectivity index (χ1) is 8.16. The van der Waals surface area contributed by atoms with Crippen LogP contribution < -0.4 is 5.56 Å². The van der Waals surface area contributed by atoms with Crippen molar-refractivity contribution in [2.45, 2.75) is 13.5 Å². The monoisotopic (exact) mass is 227 g/mol. The summed E-state index contributed by atoms with van der Waals surface area (Å²) in [5, 5.41) is 0. The van der Waals surface area contributed by atoms with Crippen LogP contribution in [0.5, 0.6) is 0 Å². The standard InChI is InChI=1S/C14H13NO2/c1-11(16)13-7-8-14(17)15(10-13)9-12-5-3-2-4-6-12/h2-8,10H,9H2,1H3. The summed E-state index contributed by atoms with van der Waals surface area (Å²) in [7, 11) is 0. The van der Waals surface area contributed by atoms with Crippen LogP contribution in [-0.4, -0.2) is 10.4 Å². The van der Waals surface area contributed by atoms with Gasteiger partial charge in [-0.05, 0) is 18.6 Å². The molecule has 0 saturated carbocycles. The average molecular weight is 227 g/mol. The van der Waals surface area contributed by atoms with Crippen molar-refractivity contribution in [1.29, 1.82) is 0 Å². The normalized spacial score (nSPS) is 10.2. The number of hydrogen-bond acceptors (Lipinski definition) is 2. The van der Waals surface area contributed by atoms with E-state index in [2.05, 4.69) is 0 Å². The van der Waals surface area contributed by atoms with Gasteiger partial charge in [0.2, 0.25) is 0 Å². The maximum atomic E-state index is 11.7. The van der Waals surface area contributed by atoms with Crippen LogP contribution in [0.4, 0.5) is 0 Å². The van der Waals surface area contributed by atoms with E-state index in [0.29, 0.717) is 12.1 Å². The predicted molar refractivity (Wildman–Crippen MR) is 66.3 cm³/mol. The lowest BCUT2D eigenvalue weighted by atomic mass is 10.2. The second kappa shape index (κ2) is 4.78. The number of carbonyl (C=O) groups excluding carboxylic acids is 1. The molecule has 0 amide bonds. The van der Waals surface area contributed by atoms with Crippen LogP contribution in [-0.2, 0) is 6.54 Å². The average Bonchev–Trinajstić information content (AvgIpc) is 2.33. The maximum absolute atomic E-state index is 11.7. The molecular formula is C14H13NO2. The molecule has 0 unspecified atom stereocenters. The summed E-state index contributed by atoms with van der Waals surface area (Å²) in [5.74, 6) is -0.0354. The van der Waals surface area contributed by atoms with Gasteiger partial charge in [0.15, 0.2) is 5.78 Å². The Hall–Kier alpha value is -2.16. The van der Waals surface area contributed by atoms with Crippen molar-refractivity contribution in [2.75, 3.05) is 0 Å². The van der Waals surface area contributed by atoms with E-state index in [1.54, 1.807) is 16.8 Å². The van der Waals surface area contributed by atoms with E-state index in [1.807, 2.05) is 30.3 Å². The Bertz CT molecular complexity index is 585. The van der Waals surface area contributed by atoms with Gasteiger partial charge in [-0.2, -0.15) is 0 Å². The van der Waals surface area contributed by atoms with Crippen LogP contribution >= 0.6 is 0 Å². The molecule has 0 radical (unpaired) electrons. The number of aromatic nitrogens is 1. The minimum Gasteiger partial charge on any atom is -0.310 e. The van der Waals surface area contributed by atoms with Crippen LogP contribution in [0.2, 0.25) is 0 Å². The van der Waals surface area contributed by atoms with Gasteiger partial charge in [-0.25, -0.2) is 0 Å². The van der Waals surface area contributed by atoms with E-state index in [1.165, 1.54) is 13.0 Å². The summed E-state index contributed by atoms with van der Waals surface area (Å²) in [6.07, 6.45) is 1.61. The second-order valence-electron chi connectivity index (χ2n) is 3.93. The molecule has 0 N–H and O–H groups in total. The zero-order chi connectivity index (χ0) is 12.3. The Morgan fingerprint density at radius 3 is 2.47 bits per heavy atom. The highest BCUT2D eigenvalue weighted by atomic mass is 16.1. The third-order valence-electron chi connectivity index (χ3n) is 2.59. The number of hydrogen-bond donors (Lipinski definition) is 0. The topological polar surface area (TPSA) is 39.1 Å². The SMILES string of the molecule is CC(=O)c1ccc(=O)n(Cc2ccccc2)c1. The first kappa shape index (κ1) is 11.3. The lowest BCUT2D eigenvalue weighted by molar-refractivity contribution is 0.101. The fourth-order valence-electron chi connectivity index (χ4n) is 1.64. The highest BCUT2D eigenvalue weighted by molar-refractivity contribution is 5.93. The lowest BCUT2D eigenvalue weighted by Crippen LogP contribution is -2.20. The quantitative estimate of drug-likeness (QED) is 0.753. The number of pyridine rings is 1. The molecule has 2 aromatic rings. The van der Waals surface area contributed by atoms with E-state index in [-0.39, 0.29) is 11.3 Å². The summed E-state index contributed by atoms with van der Waals surface area (Å²) < 4.78 is 1.55. The molecule has 0 atom stereocenters. The van der Waals surface area contributed by atoms with Crippen molar-refractivity contribution in [2.24, 2.45) is 0 Å². The zero-order valence-electron chi connectivity index (χ0n) is 9.59. The summed E-state index contributed by atoms with van der Waals surface area (Å²) in [5.41, 5.74) is 1.50. The molecular weight excluding hydrogens is 214 g/mol. The van der Waals surface area contributed by atoms with Crippen molar-refractivity contribution in [3.8, 4) is 0 Å². The highest BCUT2D eigenvalue weighted by Gasteiger charge is 2.03. The van der Waals surface area contributed by atoms with E-state index >= 15 is 0 Å². The van der Waals surface area contributed by atoms with Gasteiger partial charge in [0.05, 0.1) is 6.54 Å². The minimum absolute atomic E-state index is 0.0354. The lowest BCUT2D eigenvalue weighted by Gasteiger charge is -2.06. The van der Waals surface area contributed by atoms with Gasteiger partial charge < -0.3 is 4.57 Å². The Morgan fingerprint density at radius 1 is 1.12 bits per heavy atom. The Labute approximate surface area is 99.3 Å². The maximum Gasteiger partial charge on any atom is 0.250 e. The van der Waals surface area contributed by atoms with Crippen LogP contribution in [0, 0.1) is 0 Å². The molecule has 17 heavy (non-hydrogen) atoms. The molecule has 0 aliphatic carbocycles. The van der Waals surface area contributed by atoms with Crippen molar-refractivity contribution in [1.82, 2.24) is 4.57 Å². The molecule has 0 fully saturated rings. The van der Waals surface area contributed by atoms with Crippen molar-refractivity contribution in [3.05, 3.63) is 70.1 Å². The molecule has 1 heterocycles. The fourth-order valence-corrected chi connectivity index (χ4v) is 1.64. The molecule has 1 aromatic carbocycles. The van der Waals surface area contributed by atoms with Gasteiger partial charge in [0.25, 0.3) is 5.56 Å². The van der Waals surface area contributed by atoms with Gasteiger partial charge >= 0.3 is 0 Å². The molecule has 2 rings (SSSR count). The van der Waals surface area contributed by atoms with E-state index in [4.69, 9.17) is 0 Å². The smallest absolute Gasteiger partial charge is 0.250 e. The first-order valence-electron chi connectivity index (χ1n) is 5.42. The van der Waals surface area contributed by atoms with Crippen LogP contribution in [0.25, 0.3) is 0 Å². The third kappa shape index (κ3) is 2.69. The summed E-state index contributed by atoms with van der Waals surface area (Å²) in [6.45, 7) is 1.98. The van der Waals surface area contributed by atoms with E-state index < -0.39 is 0 Å². The number of Topliss-reactive ketones (excluding diaryl/α,β-unsaturated/α-hetero) is 1. The second-order valence-corrected chi connectivity index (χ2v) is 3.93. The van der Waals surface area contributed by atoms with Crippen LogP contribution in [0.15, 0.2) is 53.5 Å². The van der Waals surface area contributed by atoms with Gasteiger partial charge in [-0.15, -0.1) is 0 Å². The number of ketones is 1. The van der Waals surface area contributed by atoms with Crippen molar-refractivity contribution >= 4 is 5.78 Å². The first-order valence-corrected chi connectivity index (χ1v) is 5.42. The molecule has 0 saturated heterocycles. The molecule has 0 aliphatic heterocycles. The Balaban J connectivity index is 2.36. The Morgan fingerprint density at radius 2 is 1.82 bits per heavy atom. The highest BCUT2D eigenvalue weighted by Crippen LogP contribution is 2.02. The number of carbonyl (C=O) groups is 1. The predicted octanol–water partition coefficient (Wildman–Crippen LogP) is 2.10. The van der Waals surface area contributed by atoms with Crippen molar-refractivity contribution < 1.29 is 4.79 Å². The van der Waals surface area contributed by atoms with Gasteiger partial charge in [-0.3, -0.25) is 9.59 Å². The molecule has 3 nitrogen and oxygen atoms in total. The molecule has 86 valence electrons. The molecule has 1 aromatic heterocycles. The third-order valence-corrected chi connectivity index (χ3v) is 2.59. The number of nitrogens with zero attached hydrogens (tertiary/aromatic N) is 1. The van der Waals surface area contributed by atoms with Crippen LogP contribution in [0.1, 0.15) is 22.8 Å². The molecule has 0 spiro atoms. The summed E-state index contributed by atoms with van der Waals surface area (Å²) in [6, 6.07) is 12.7. The Kier molecular flexibility index (Phi) is 3.19. The van der Waals surface area contributed by atoms with E-state index in [0.717, 1.165) is 5.56 Å². The minimum atomic E-state index is -0.0983. The van der Waals surface area contributed by atoms with Crippen molar-refractivity contribution in [3.63, 3.8) is 0 Å². The van der Waals surface area contributed by atoms with Crippen LogP contribution in [0.3, 0.4) is 0 Å². The van der Waals surface area contributed by atoms with E-state index in [9.17, 15) is 9.59 Å². The molecule has 3 heteroatoms. The molecule has 0 aliphatic rings. The van der Waals surface area contributed by atoms with Gasteiger partial charge in [0.1, 0.15) is 0 Å².